The van der Waals surface area contributed by atoms with Crippen molar-refractivity contribution in [2.75, 3.05) is 0 Å². The fourth-order valence-corrected chi connectivity index (χ4v) is 3.09. The Balaban J connectivity index is 2.10. The minimum atomic E-state index is -0.706. The van der Waals surface area contributed by atoms with Crippen LogP contribution >= 0.6 is 0 Å². The summed E-state index contributed by atoms with van der Waals surface area (Å²) in [7, 11) is 1.91. The molecular formula is C20H29N3O2. The van der Waals surface area contributed by atoms with Crippen molar-refractivity contribution >= 4 is 5.91 Å². The molecule has 0 saturated carbocycles. The zero-order valence-electron chi connectivity index (χ0n) is 16.1. The predicted octanol–water partition coefficient (Wildman–Crippen LogP) is 3.23. The molecule has 0 aliphatic carbocycles. The third-order valence-electron chi connectivity index (χ3n) is 4.56. The Morgan fingerprint density at radius 2 is 2.04 bits per heavy atom. The summed E-state index contributed by atoms with van der Waals surface area (Å²) in [4.78, 5) is 12.6. The summed E-state index contributed by atoms with van der Waals surface area (Å²) in [5.74, 6) is -0.0970. The van der Waals surface area contributed by atoms with Crippen LogP contribution in [0.1, 0.15) is 66.1 Å². The second-order valence-corrected chi connectivity index (χ2v) is 7.42. The highest BCUT2D eigenvalue weighted by molar-refractivity contribution is 5.94. The van der Waals surface area contributed by atoms with Gasteiger partial charge in [0.1, 0.15) is 0 Å². The number of hydrogen-bond acceptors (Lipinski definition) is 3. The molecule has 25 heavy (non-hydrogen) atoms. The summed E-state index contributed by atoms with van der Waals surface area (Å²) < 4.78 is 1.84. The minimum absolute atomic E-state index is 0.0970. The Labute approximate surface area is 150 Å². The number of rotatable bonds is 6. The van der Waals surface area contributed by atoms with E-state index in [4.69, 9.17) is 0 Å². The lowest BCUT2D eigenvalue weighted by Crippen LogP contribution is -2.27. The van der Waals surface area contributed by atoms with Crippen LogP contribution in [0.15, 0.2) is 24.3 Å². The molecule has 5 heteroatoms. The molecule has 2 aromatic rings. The molecule has 1 amide bonds. The Hall–Kier alpha value is -2.14. The molecule has 1 atom stereocenters. The molecule has 0 aliphatic rings. The molecule has 0 unspecified atom stereocenters. The van der Waals surface area contributed by atoms with Crippen LogP contribution < -0.4 is 5.32 Å². The summed E-state index contributed by atoms with van der Waals surface area (Å²) in [6.45, 7) is 9.54. The fourth-order valence-electron chi connectivity index (χ4n) is 3.09. The average molecular weight is 343 g/mol. The van der Waals surface area contributed by atoms with Gasteiger partial charge < -0.3 is 10.4 Å². The van der Waals surface area contributed by atoms with Crippen LogP contribution in [-0.2, 0) is 13.5 Å². The Morgan fingerprint density at radius 3 is 2.60 bits per heavy atom. The van der Waals surface area contributed by atoms with Gasteiger partial charge in [0, 0.05) is 23.9 Å². The number of aryl methyl sites for hydroxylation is 3. The van der Waals surface area contributed by atoms with Crippen molar-refractivity contribution in [3.63, 3.8) is 0 Å². The number of nitrogens with one attached hydrogen (secondary N) is 1. The molecule has 1 heterocycles. The van der Waals surface area contributed by atoms with Gasteiger partial charge in [0.05, 0.1) is 17.3 Å². The molecule has 5 nitrogen and oxygen atoms in total. The maximum atomic E-state index is 12.6. The van der Waals surface area contributed by atoms with E-state index in [0.29, 0.717) is 12.0 Å². The Morgan fingerprint density at radius 1 is 1.36 bits per heavy atom. The molecule has 0 bridgehead atoms. The minimum Gasteiger partial charge on any atom is -0.390 e. The monoisotopic (exact) mass is 343 g/mol. The quantitative estimate of drug-likeness (QED) is 0.846. The van der Waals surface area contributed by atoms with Crippen LogP contribution in [0.2, 0.25) is 0 Å². The molecule has 0 aliphatic heterocycles. The van der Waals surface area contributed by atoms with E-state index in [1.54, 1.807) is 13.8 Å². The van der Waals surface area contributed by atoms with E-state index < -0.39 is 5.60 Å². The largest absolute Gasteiger partial charge is 0.390 e. The number of aliphatic hydroxyl groups is 1. The number of amides is 1. The zero-order valence-corrected chi connectivity index (χ0v) is 16.1. The van der Waals surface area contributed by atoms with Crippen molar-refractivity contribution in [2.45, 2.75) is 59.1 Å². The number of hydrogen-bond donors (Lipinski definition) is 2. The van der Waals surface area contributed by atoms with Gasteiger partial charge in [0.15, 0.2) is 0 Å². The van der Waals surface area contributed by atoms with Gasteiger partial charge in [-0.15, -0.1) is 0 Å². The first kappa shape index (κ1) is 19.2. The molecular weight excluding hydrogens is 314 g/mol. The molecule has 0 fully saturated rings. The van der Waals surface area contributed by atoms with E-state index in [0.717, 1.165) is 28.9 Å². The van der Waals surface area contributed by atoms with Crippen molar-refractivity contribution < 1.29 is 9.90 Å². The van der Waals surface area contributed by atoms with Crippen LogP contribution in [0.3, 0.4) is 0 Å². The predicted molar refractivity (Wildman–Crippen MR) is 99.6 cm³/mol. The lowest BCUT2D eigenvalue weighted by molar-refractivity contribution is 0.0714. The second-order valence-electron chi connectivity index (χ2n) is 7.42. The molecule has 0 spiro atoms. The van der Waals surface area contributed by atoms with Gasteiger partial charge in [-0.1, -0.05) is 12.1 Å². The topological polar surface area (TPSA) is 67.2 Å². The van der Waals surface area contributed by atoms with Gasteiger partial charge in [0.2, 0.25) is 0 Å². The van der Waals surface area contributed by atoms with E-state index in [2.05, 4.69) is 10.4 Å². The molecule has 2 rings (SSSR count). The second kappa shape index (κ2) is 7.40. The van der Waals surface area contributed by atoms with E-state index in [1.807, 2.05) is 56.8 Å². The third-order valence-corrected chi connectivity index (χ3v) is 4.56. The first-order chi connectivity index (χ1) is 11.6. The van der Waals surface area contributed by atoms with Crippen LogP contribution in [0, 0.1) is 13.8 Å². The van der Waals surface area contributed by atoms with E-state index in [-0.39, 0.29) is 11.9 Å². The smallest absolute Gasteiger partial charge is 0.251 e. The van der Waals surface area contributed by atoms with Crippen molar-refractivity contribution in [3.05, 3.63) is 52.3 Å². The summed E-state index contributed by atoms with van der Waals surface area (Å²) in [6.07, 6.45) is 1.39. The van der Waals surface area contributed by atoms with E-state index >= 15 is 0 Å². The van der Waals surface area contributed by atoms with Gasteiger partial charge >= 0.3 is 0 Å². The Kier molecular flexibility index (Phi) is 5.68. The SMILES string of the molecule is Cc1nn(C)c(C)c1[C@H](C)NC(=O)c1cccc(CCC(C)(C)O)c1. The number of aromatic nitrogens is 2. The van der Waals surface area contributed by atoms with Gasteiger partial charge in [-0.05, 0) is 65.2 Å². The third kappa shape index (κ3) is 4.92. The first-order valence-corrected chi connectivity index (χ1v) is 8.71. The highest BCUT2D eigenvalue weighted by atomic mass is 16.3. The first-order valence-electron chi connectivity index (χ1n) is 8.71. The average Bonchev–Trinajstić information content (AvgIpc) is 2.77. The maximum Gasteiger partial charge on any atom is 0.251 e. The Bertz CT molecular complexity index is 757. The van der Waals surface area contributed by atoms with Gasteiger partial charge in [-0.25, -0.2) is 0 Å². The molecule has 0 radical (unpaired) electrons. The molecule has 0 saturated heterocycles. The van der Waals surface area contributed by atoms with Crippen LogP contribution in [-0.4, -0.2) is 26.4 Å². The van der Waals surface area contributed by atoms with Crippen LogP contribution in [0.4, 0.5) is 0 Å². The summed E-state index contributed by atoms with van der Waals surface area (Å²) >= 11 is 0. The van der Waals surface area contributed by atoms with Crippen molar-refractivity contribution in [1.82, 2.24) is 15.1 Å². The maximum absolute atomic E-state index is 12.6. The highest BCUT2D eigenvalue weighted by Gasteiger charge is 2.19. The number of carbonyl (C=O) groups excluding carboxylic acids is 1. The fraction of sp³-hybridized carbons (Fsp3) is 0.500. The number of nitrogens with zero attached hydrogens (tertiary/aromatic N) is 2. The van der Waals surface area contributed by atoms with Crippen molar-refractivity contribution in [3.8, 4) is 0 Å². The molecule has 1 aromatic heterocycles. The van der Waals surface area contributed by atoms with Gasteiger partial charge in [0.25, 0.3) is 5.91 Å². The van der Waals surface area contributed by atoms with Gasteiger partial charge in [-0.2, -0.15) is 5.10 Å². The lowest BCUT2D eigenvalue weighted by Gasteiger charge is -2.17. The van der Waals surface area contributed by atoms with E-state index in [9.17, 15) is 9.90 Å². The van der Waals surface area contributed by atoms with Crippen molar-refractivity contribution in [2.24, 2.45) is 7.05 Å². The van der Waals surface area contributed by atoms with Gasteiger partial charge in [-0.3, -0.25) is 9.48 Å². The lowest BCUT2D eigenvalue weighted by atomic mass is 9.97. The summed E-state index contributed by atoms with van der Waals surface area (Å²) in [6, 6.07) is 7.48. The summed E-state index contributed by atoms with van der Waals surface area (Å²) in [5.41, 5.74) is 4.04. The highest BCUT2D eigenvalue weighted by Crippen LogP contribution is 2.21. The molecule has 2 N–H and O–H groups in total. The standard InChI is InChI=1S/C20H29N3O2/c1-13(18-14(2)22-23(6)15(18)3)21-19(24)17-9-7-8-16(12-17)10-11-20(4,5)25/h7-9,12-13,25H,10-11H2,1-6H3,(H,21,24)/t13-/m0/s1. The van der Waals surface area contributed by atoms with Crippen molar-refractivity contribution in [1.29, 1.82) is 0 Å². The number of carbonyl (C=O) groups is 1. The summed E-state index contributed by atoms with van der Waals surface area (Å²) in [5, 5.41) is 17.3. The number of benzene rings is 1. The van der Waals surface area contributed by atoms with Crippen LogP contribution in [0.25, 0.3) is 0 Å². The molecule has 136 valence electrons. The zero-order chi connectivity index (χ0) is 18.8. The van der Waals surface area contributed by atoms with Crippen LogP contribution in [0.5, 0.6) is 0 Å². The normalized spacial score (nSPS) is 12.9. The van der Waals surface area contributed by atoms with E-state index in [1.165, 1.54) is 0 Å². The molecule has 1 aromatic carbocycles.